The minimum atomic E-state index is -3.70. The molecule has 116 valence electrons. The third-order valence-corrected chi connectivity index (χ3v) is 4.41. The van der Waals surface area contributed by atoms with Crippen LogP contribution in [-0.4, -0.2) is 43.8 Å². The Morgan fingerprint density at radius 2 is 1.90 bits per heavy atom. The predicted octanol–water partition coefficient (Wildman–Crippen LogP) is 0.920. The van der Waals surface area contributed by atoms with Gasteiger partial charge in [-0.15, -0.1) is 0 Å². The molecule has 0 aliphatic carbocycles. The minimum Gasteiger partial charge on any atom is -0.465 e. The lowest BCUT2D eigenvalue weighted by Gasteiger charge is -2.16. The average molecular weight is 316 g/mol. The molecule has 0 unspecified atom stereocenters. The van der Waals surface area contributed by atoms with Gasteiger partial charge in [0.15, 0.2) is 0 Å². The van der Waals surface area contributed by atoms with Crippen LogP contribution in [0.4, 0.5) is 5.69 Å². The number of ether oxygens (including phenoxy) is 1. The number of nitrogens with zero attached hydrogens (tertiary/aromatic N) is 2. The largest absolute Gasteiger partial charge is 0.465 e. The smallest absolute Gasteiger partial charge is 0.321 e. The molecule has 0 saturated carbocycles. The van der Waals surface area contributed by atoms with Gasteiger partial charge in [-0.1, -0.05) is 12.1 Å². The molecule has 0 spiro atoms. The molecular formula is C12H16N2O6S. The fourth-order valence-corrected chi connectivity index (χ4v) is 2.66. The van der Waals surface area contributed by atoms with Gasteiger partial charge >= 0.3 is 5.97 Å². The van der Waals surface area contributed by atoms with Gasteiger partial charge in [-0.25, -0.2) is 8.42 Å². The highest BCUT2D eigenvalue weighted by atomic mass is 32.2. The summed E-state index contributed by atoms with van der Waals surface area (Å²) in [5, 5.41) is 10.5. The van der Waals surface area contributed by atoms with Gasteiger partial charge in [0.25, 0.3) is 5.69 Å². The number of hydrogen-bond donors (Lipinski definition) is 0. The van der Waals surface area contributed by atoms with Gasteiger partial charge in [0.05, 0.1) is 17.3 Å². The van der Waals surface area contributed by atoms with Crippen LogP contribution in [0.1, 0.15) is 12.5 Å². The molecule has 0 bridgehead atoms. The molecule has 0 aliphatic rings. The van der Waals surface area contributed by atoms with E-state index in [1.165, 1.54) is 31.3 Å². The van der Waals surface area contributed by atoms with Crippen molar-refractivity contribution < 1.29 is 22.9 Å². The molecule has 0 radical (unpaired) electrons. The van der Waals surface area contributed by atoms with E-state index in [-0.39, 0.29) is 24.6 Å². The fraction of sp³-hybridized carbons (Fsp3) is 0.417. The van der Waals surface area contributed by atoms with Crippen LogP contribution in [0.3, 0.4) is 0 Å². The van der Waals surface area contributed by atoms with Gasteiger partial charge in [-0.3, -0.25) is 14.9 Å². The Hall–Kier alpha value is -2.00. The maximum Gasteiger partial charge on any atom is 0.321 e. The van der Waals surface area contributed by atoms with Crippen molar-refractivity contribution in [1.82, 2.24) is 4.31 Å². The molecule has 0 heterocycles. The van der Waals surface area contributed by atoms with Crippen LogP contribution in [0.5, 0.6) is 0 Å². The number of nitro benzene ring substituents is 1. The van der Waals surface area contributed by atoms with Crippen molar-refractivity contribution in [2.24, 2.45) is 0 Å². The molecule has 0 aliphatic heterocycles. The van der Waals surface area contributed by atoms with Gasteiger partial charge in [0, 0.05) is 19.2 Å². The molecule has 21 heavy (non-hydrogen) atoms. The number of carbonyl (C=O) groups excluding carboxylic acids is 1. The number of hydrogen-bond acceptors (Lipinski definition) is 6. The Morgan fingerprint density at radius 1 is 1.33 bits per heavy atom. The molecule has 0 fully saturated rings. The summed E-state index contributed by atoms with van der Waals surface area (Å²) in [7, 11) is -2.42. The average Bonchev–Trinajstić information content (AvgIpc) is 2.39. The van der Waals surface area contributed by atoms with E-state index in [0.29, 0.717) is 5.56 Å². The lowest BCUT2D eigenvalue weighted by atomic mass is 10.2. The first-order chi connectivity index (χ1) is 9.76. The zero-order valence-corrected chi connectivity index (χ0v) is 12.5. The standard InChI is InChI=1S/C12H16N2O6S/c1-3-20-12(15)8-13(2)21(18,19)9-10-4-6-11(7-5-10)14(16)17/h4-7H,3,8-9H2,1-2H3. The van der Waals surface area contributed by atoms with Crippen LogP contribution in [0.25, 0.3) is 0 Å². The van der Waals surface area contributed by atoms with Crippen molar-refractivity contribution in [1.29, 1.82) is 0 Å². The van der Waals surface area contributed by atoms with Crippen LogP contribution >= 0.6 is 0 Å². The van der Waals surface area contributed by atoms with Crippen LogP contribution < -0.4 is 0 Å². The fourth-order valence-electron chi connectivity index (χ4n) is 1.52. The number of esters is 1. The van der Waals surface area contributed by atoms with Gasteiger partial charge in [-0.2, -0.15) is 4.31 Å². The van der Waals surface area contributed by atoms with Crippen molar-refractivity contribution in [2.45, 2.75) is 12.7 Å². The van der Waals surface area contributed by atoms with E-state index in [1.54, 1.807) is 6.92 Å². The minimum absolute atomic E-state index is 0.115. The first kappa shape index (κ1) is 17.1. The van der Waals surface area contributed by atoms with E-state index in [4.69, 9.17) is 0 Å². The number of rotatable bonds is 7. The number of sulfonamides is 1. The van der Waals surface area contributed by atoms with Gasteiger partial charge < -0.3 is 4.74 Å². The summed E-state index contributed by atoms with van der Waals surface area (Å²) in [5.74, 6) is -0.978. The second-order valence-corrected chi connectivity index (χ2v) is 6.32. The maximum atomic E-state index is 12.0. The third-order valence-electron chi connectivity index (χ3n) is 2.63. The highest BCUT2D eigenvalue weighted by molar-refractivity contribution is 7.88. The van der Waals surface area contributed by atoms with Crippen molar-refractivity contribution in [2.75, 3.05) is 20.2 Å². The van der Waals surface area contributed by atoms with E-state index < -0.39 is 20.9 Å². The Labute approximate surface area is 122 Å². The third kappa shape index (κ3) is 5.12. The van der Waals surface area contributed by atoms with Crippen molar-refractivity contribution >= 4 is 21.7 Å². The summed E-state index contributed by atoms with van der Waals surface area (Å²) in [6.07, 6.45) is 0. The number of benzene rings is 1. The predicted molar refractivity (Wildman–Crippen MR) is 75.0 cm³/mol. The van der Waals surface area contributed by atoms with Gasteiger partial charge in [0.2, 0.25) is 10.0 Å². The van der Waals surface area contributed by atoms with Crippen LogP contribution in [-0.2, 0) is 25.3 Å². The summed E-state index contributed by atoms with van der Waals surface area (Å²) in [4.78, 5) is 21.2. The summed E-state index contributed by atoms with van der Waals surface area (Å²) in [5.41, 5.74) is 0.285. The first-order valence-corrected chi connectivity index (χ1v) is 7.70. The summed E-state index contributed by atoms with van der Waals surface area (Å²) < 4.78 is 29.7. The van der Waals surface area contributed by atoms with E-state index in [1.807, 2.05) is 0 Å². The highest BCUT2D eigenvalue weighted by Crippen LogP contribution is 2.15. The van der Waals surface area contributed by atoms with Crippen molar-refractivity contribution in [3.05, 3.63) is 39.9 Å². The van der Waals surface area contributed by atoms with Crippen molar-refractivity contribution in [3.63, 3.8) is 0 Å². The van der Waals surface area contributed by atoms with Gasteiger partial charge in [-0.05, 0) is 12.5 Å². The topological polar surface area (TPSA) is 107 Å². The summed E-state index contributed by atoms with van der Waals surface area (Å²) in [6, 6.07) is 5.20. The number of carbonyl (C=O) groups is 1. The quantitative estimate of drug-likeness (QED) is 0.420. The molecule has 0 aromatic heterocycles. The molecule has 9 heteroatoms. The first-order valence-electron chi connectivity index (χ1n) is 6.09. The monoisotopic (exact) mass is 316 g/mol. The molecular weight excluding hydrogens is 300 g/mol. The molecule has 1 aromatic rings. The van der Waals surface area contributed by atoms with E-state index >= 15 is 0 Å². The van der Waals surface area contributed by atoms with Crippen molar-refractivity contribution in [3.8, 4) is 0 Å². The van der Waals surface area contributed by atoms with Crippen LogP contribution in [0.2, 0.25) is 0 Å². The van der Waals surface area contributed by atoms with Gasteiger partial charge in [0.1, 0.15) is 6.54 Å². The van der Waals surface area contributed by atoms with E-state index in [0.717, 1.165) is 4.31 Å². The molecule has 1 aromatic carbocycles. The highest BCUT2D eigenvalue weighted by Gasteiger charge is 2.22. The summed E-state index contributed by atoms with van der Waals surface area (Å²) in [6.45, 7) is 1.43. The Balaban J connectivity index is 2.75. The zero-order valence-electron chi connectivity index (χ0n) is 11.7. The van der Waals surface area contributed by atoms with E-state index in [2.05, 4.69) is 4.74 Å². The lowest BCUT2D eigenvalue weighted by Crippen LogP contribution is -2.33. The number of non-ortho nitro benzene ring substituents is 1. The zero-order chi connectivity index (χ0) is 16.0. The molecule has 0 N–H and O–H groups in total. The maximum absolute atomic E-state index is 12.0. The summed E-state index contributed by atoms with van der Waals surface area (Å²) >= 11 is 0. The van der Waals surface area contributed by atoms with Crippen LogP contribution in [0, 0.1) is 10.1 Å². The number of nitro groups is 1. The molecule has 8 nitrogen and oxygen atoms in total. The normalized spacial score (nSPS) is 11.4. The SMILES string of the molecule is CCOC(=O)CN(C)S(=O)(=O)Cc1ccc([N+](=O)[O-])cc1. The molecule has 1 rings (SSSR count). The molecule has 0 atom stereocenters. The second-order valence-electron chi connectivity index (χ2n) is 4.24. The number of likely N-dealkylation sites (N-methyl/N-ethyl adjacent to an activating group) is 1. The van der Waals surface area contributed by atoms with Crippen LogP contribution in [0.15, 0.2) is 24.3 Å². The second kappa shape index (κ2) is 7.14. The Bertz CT molecular complexity index is 611. The van der Waals surface area contributed by atoms with E-state index in [9.17, 15) is 23.3 Å². The Kier molecular flexibility index (Phi) is 5.79. The Morgan fingerprint density at radius 3 is 2.38 bits per heavy atom. The molecule has 0 amide bonds. The lowest BCUT2D eigenvalue weighted by molar-refractivity contribution is -0.384. The molecule has 0 saturated heterocycles.